The van der Waals surface area contributed by atoms with Crippen molar-refractivity contribution in [2.24, 2.45) is 0 Å². The topological polar surface area (TPSA) is 79.2 Å². The summed E-state index contributed by atoms with van der Waals surface area (Å²) >= 11 is 0. The van der Waals surface area contributed by atoms with Gasteiger partial charge in [-0.1, -0.05) is 78.8 Å². The second-order valence-corrected chi connectivity index (χ2v) is 11.1. The quantitative estimate of drug-likeness (QED) is 0.320. The first kappa shape index (κ1) is 28.6. The minimum Gasteiger partial charge on any atom is -0.507 e. The van der Waals surface area contributed by atoms with Crippen molar-refractivity contribution in [3.8, 4) is 5.75 Å². The number of nitrogens with one attached hydrogen (secondary N) is 1. The number of aryl methyl sites for hydroxylation is 1. The Hall–Kier alpha value is -2.60. The Balaban J connectivity index is 0.00000432. The number of halogens is 1. The smallest absolute Gasteiger partial charge is 0.185 e. The van der Waals surface area contributed by atoms with Crippen molar-refractivity contribution in [3.63, 3.8) is 0 Å². The molecule has 0 saturated carbocycles. The van der Waals surface area contributed by atoms with Gasteiger partial charge in [-0.3, -0.25) is 10.2 Å². The summed E-state index contributed by atoms with van der Waals surface area (Å²) in [6, 6.07) is 13.6. The van der Waals surface area contributed by atoms with Gasteiger partial charge in [0.15, 0.2) is 11.3 Å². The Kier molecular flexibility index (Phi) is 8.99. The monoisotopic (exact) mass is 542 g/mol. The molecule has 0 unspecified atom stereocenters. The average Bonchev–Trinajstić information content (AvgIpc) is 3.02. The number of aromatic nitrogens is 1. The van der Waals surface area contributed by atoms with E-state index in [0.717, 1.165) is 40.9 Å². The van der Waals surface area contributed by atoms with Crippen molar-refractivity contribution in [1.82, 2.24) is 4.74 Å². The van der Waals surface area contributed by atoms with Gasteiger partial charge in [0.25, 0.3) is 0 Å². The lowest BCUT2D eigenvalue weighted by atomic mass is 9.78. The van der Waals surface area contributed by atoms with Crippen LogP contribution in [-0.2, 0) is 30.2 Å². The van der Waals surface area contributed by atoms with Gasteiger partial charge in [-0.05, 0) is 34.9 Å². The molecule has 3 aromatic rings. The third kappa shape index (κ3) is 6.54. The van der Waals surface area contributed by atoms with Gasteiger partial charge in [0.1, 0.15) is 18.1 Å². The summed E-state index contributed by atoms with van der Waals surface area (Å²) in [4.78, 5) is 13.4. The number of hydrogen-bond acceptors (Lipinski definition) is 4. The number of rotatable bonds is 7. The van der Waals surface area contributed by atoms with Crippen LogP contribution in [0, 0.1) is 5.41 Å². The van der Waals surface area contributed by atoms with Crippen LogP contribution in [0.5, 0.6) is 5.75 Å². The van der Waals surface area contributed by atoms with Crippen LogP contribution in [0.25, 0.3) is 0 Å². The summed E-state index contributed by atoms with van der Waals surface area (Å²) in [5.41, 5.74) is 3.55. The number of carbonyl (C=O) groups excluding carboxylic acids is 1. The summed E-state index contributed by atoms with van der Waals surface area (Å²) < 4.78 is 7.44. The lowest BCUT2D eigenvalue weighted by molar-refractivity contribution is 0.0922. The van der Waals surface area contributed by atoms with Crippen LogP contribution in [0.1, 0.15) is 93.3 Å². The Labute approximate surface area is 219 Å². The maximum atomic E-state index is 13.4. The Bertz CT molecular complexity index is 1190. The minimum absolute atomic E-state index is 0. The van der Waals surface area contributed by atoms with E-state index in [2.05, 4.69) is 6.92 Å². The highest BCUT2D eigenvalue weighted by Gasteiger charge is 2.28. The molecular weight excluding hydrogens is 504 g/mol. The number of nitrogens with zero attached hydrogens (tertiary/aromatic N) is 1. The van der Waals surface area contributed by atoms with Crippen LogP contribution in [0.3, 0.4) is 0 Å². The summed E-state index contributed by atoms with van der Waals surface area (Å²) in [6.45, 7) is 14.2. The summed E-state index contributed by atoms with van der Waals surface area (Å²) in [5, 5.41) is 19.7. The fourth-order valence-corrected chi connectivity index (χ4v) is 4.19. The van der Waals surface area contributed by atoms with Crippen molar-refractivity contribution in [1.29, 1.82) is 5.41 Å². The zero-order valence-electron chi connectivity index (χ0n) is 22.0. The normalized spacial score (nSPS) is 11.9. The predicted molar refractivity (Wildman–Crippen MR) is 146 cm³/mol. The first-order chi connectivity index (χ1) is 15.8. The van der Waals surface area contributed by atoms with Crippen molar-refractivity contribution in [2.75, 3.05) is 0 Å². The molecule has 0 saturated heterocycles. The highest BCUT2D eigenvalue weighted by atomic mass is 79.9. The number of benzene rings is 2. The van der Waals surface area contributed by atoms with Crippen molar-refractivity contribution in [2.45, 2.75) is 85.1 Å². The van der Waals surface area contributed by atoms with Gasteiger partial charge < -0.3 is 9.63 Å². The second kappa shape index (κ2) is 11.0. The fraction of sp³-hybridized carbons (Fsp3) is 0.448. The Morgan fingerprint density at radius 3 is 2.03 bits per heavy atom. The molecule has 1 aromatic heterocycles. The van der Waals surface area contributed by atoms with Crippen LogP contribution in [-0.4, -0.2) is 15.6 Å². The van der Waals surface area contributed by atoms with Crippen molar-refractivity contribution in [3.05, 3.63) is 81.5 Å². The average molecular weight is 544 g/mol. The molecule has 6 heteroatoms. The lowest BCUT2D eigenvalue weighted by Crippen LogP contribution is -2.24. The molecule has 0 atom stereocenters. The van der Waals surface area contributed by atoms with E-state index in [4.69, 9.17) is 9.93 Å². The first-order valence-corrected chi connectivity index (χ1v) is 12.0. The van der Waals surface area contributed by atoms with Crippen LogP contribution in [0.4, 0.5) is 0 Å². The number of phenols is 1. The standard InChI is InChI=1S/C29H38N2O3.BrH/c1-8-12-25-21(15-19-13-10-9-11-14-19)27(30)31(34-25)18-24(32)20-16-22(28(2,3)4)26(33)23(17-20)29(5,6)7;/h9-11,13-14,16-17,30,33H,8,12,15,18H2,1-7H3;1H. The van der Waals surface area contributed by atoms with Gasteiger partial charge in [-0.25, -0.2) is 0 Å². The fourth-order valence-electron chi connectivity index (χ4n) is 4.19. The van der Waals surface area contributed by atoms with Gasteiger partial charge in [-0.2, -0.15) is 4.74 Å². The van der Waals surface area contributed by atoms with E-state index in [1.54, 1.807) is 12.1 Å². The molecule has 0 spiro atoms. The van der Waals surface area contributed by atoms with E-state index < -0.39 is 0 Å². The molecule has 0 radical (unpaired) electrons. The zero-order valence-corrected chi connectivity index (χ0v) is 23.7. The maximum Gasteiger partial charge on any atom is 0.185 e. The van der Waals surface area contributed by atoms with E-state index in [0.29, 0.717) is 12.0 Å². The molecule has 2 aromatic carbocycles. The number of carbonyl (C=O) groups is 1. The van der Waals surface area contributed by atoms with E-state index in [1.807, 2.05) is 71.9 Å². The molecule has 5 nitrogen and oxygen atoms in total. The summed E-state index contributed by atoms with van der Waals surface area (Å²) in [6.07, 6.45) is 2.21. The summed E-state index contributed by atoms with van der Waals surface area (Å²) in [7, 11) is 0. The lowest BCUT2D eigenvalue weighted by Gasteiger charge is -2.28. The van der Waals surface area contributed by atoms with Crippen molar-refractivity contribution < 1.29 is 14.4 Å². The minimum atomic E-state index is -0.323. The maximum absolute atomic E-state index is 13.4. The number of ketones is 1. The van der Waals surface area contributed by atoms with Gasteiger partial charge in [0, 0.05) is 35.1 Å². The molecule has 35 heavy (non-hydrogen) atoms. The molecule has 1 heterocycles. The first-order valence-electron chi connectivity index (χ1n) is 12.0. The van der Waals surface area contributed by atoms with Crippen LogP contribution in [0.15, 0.2) is 47.0 Å². The van der Waals surface area contributed by atoms with Crippen molar-refractivity contribution >= 4 is 22.8 Å². The molecule has 3 rings (SSSR count). The largest absolute Gasteiger partial charge is 0.507 e. The third-order valence-corrected chi connectivity index (χ3v) is 6.13. The molecular formula is C29H39BrN2O3. The molecule has 0 bridgehead atoms. The predicted octanol–water partition coefficient (Wildman–Crippen LogP) is 6.87. The van der Waals surface area contributed by atoms with E-state index >= 15 is 0 Å². The second-order valence-electron chi connectivity index (χ2n) is 11.1. The molecule has 0 fully saturated rings. The van der Waals surface area contributed by atoms with E-state index in [-0.39, 0.29) is 51.4 Å². The van der Waals surface area contributed by atoms with Gasteiger partial charge >= 0.3 is 0 Å². The Morgan fingerprint density at radius 2 is 1.54 bits per heavy atom. The number of aromatic hydroxyl groups is 1. The number of phenolic OH excluding ortho intramolecular Hbond substituents is 1. The Morgan fingerprint density at radius 1 is 1.00 bits per heavy atom. The number of hydrogen-bond donors (Lipinski definition) is 2. The third-order valence-electron chi connectivity index (χ3n) is 6.13. The highest BCUT2D eigenvalue weighted by Crippen LogP contribution is 2.39. The van der Waals surface area contributed by atoms with Gasteiger partial charge in [0.05, 0.1) is 0 Å². The zero-order chi connectivity index (χ0) is 25.3. The van der Waals surface area contributed by atoms with Crippen LogP contribution >= 0.6 is 17.0 Å². The van der Waals surface area contributed by atoms with Crippen LogP contribution < -0.4 is 5.49 Å². The van der Waals surface area contributed by atoms with Crippen LogP contribution in [0.2, 0.25) is 0 Å². The molecule has 0 aliphatic rings. The summed E-state index contributed by atoms with van der Waals surface area (Å²) in [5.74, 6) is 0.872. The number of Topliss-reactive ketones (excluding diaryl/α,β-unsaturated/α-hetero) is 1. The van der Waals surface area contributed by atoms with Gasteiger partial charge in [0.2, 0.25) is 0 Å². The SMILES string of the molecule is Br.CCCc1on(CC(=O)c2cc(C(C)(C)C)c(O)c(C(C)(C)C)c2)c(=N)c1Cc1ccccc1. The molecule has 0 amide bonds. The van der Waals surface area contributed by atoms with Gasteiger partial charge in [-0.15, -0.1) is 17.0 Å². The molecule has 190 valence electrons. The van der Waals surface area contributed by atoms with E-state index in [9.17, 15) is 9.90 Å². The highest BCUT2D eigenvalue weighted by molar-refractivity contribution is 8.93. The van der Waals surface area contributed by atoms with E-state index in [1.165, 1.54) is 4.74 Å². The molecule has 0 aliphatic carbocycles. The molecule has 0 aliphatic heterocycles. The molecule has 2 N–H and O–H groups in total.